The fourth-order valence-corrected chi connectivity index (χ4v) is 12.1. The molecule has 6 aliphatic rings. The van der Waals surface area contributed by atoms with E-state index in [2.05, 4.69) is 11.8 Å². The highest BCUT2D eigenvalue weighted by molar-refractivity contribution is 5.70. The highest BCUT2D eigenvalue weighted by Crippen LogP contribution is 2.82. The van der Waals surface area contributed by atoms with E-state index < -0.39 is 40.1 Å². The largest absolute Gasteiger partial charge is 0.465 e. The number of carbonyl (C=O) groups excluding carboxylic acids is 3. The van der Waals surface area contributed by atoms with Gasteiger partial charge in [0.05, 0.1) is 31.0 Å². The summed E-state index contributed by atoms with van der Waals surface area (Å²) >= 11 is 0. The number of fused-ring (bicyclic) bond motifs is 2. The van der Waals surface area contributed by atoms with E-state index in [-0.39, 0.29) is 60.6 Å². The fourth-order valence-electron chi connectivity index (χ4n) is 12.1. The third kappa shape index (κ3) is 3.37. The van der Waals surface area contributed by atoms with Crippen molar-refractivity contribution in [3.63, 3.8) is 0 Å². The molecule has 1 heterocycles. The molecule has 1 spiro atoms. The third-order valence-electron chi connectivity index (χ3n) is 12.4. The van der Waals surface area contributed by atoms with E-state index in [1.807, 2.05) is 0 Å². The third-order valence-corrected chi connectivity index (χ3v) is 12.4. The molecular formula is C31H47NO10. The summed E-state index contributed by atoms with van der Waals surface area (Å²) in [5.41, 5.74) is -3.75. The Hall–Kier alpha value is -1.79. The first-order valence-electron chi connectivity index (χ1n) is 15.4. The fraction of sp³-hybridized carbons (Fsp3) is 0.903. The van der Waals surface area contributed by atoms with Gasteiger partial charge in [0, 0.05) is 90.8 Å². The van der Waals surface area contributed by atoms with Gasteiger partial charge in [0.25, 0.3) is 0 Å². The molecular weight excluding hydrogens is 546 g/mol. The van der Waals surface area contributed by atoms with Gasteiger partial charge in [-0.15, -0.1) is 0 Å². The van der Waals surface area contributed by atoms with Crippen LogP contribution in [0.1, 0.15) is 53.4 Å². The van der Waals surface area contributed by atoms with Crippen LogP contribution in [0, 0.1) is 34.5 Å². The maximum Gasteiger partial charge on any atom is 0.303 e. The molecule has 42 heavy (non-hydrogen) atoms. The normalized spacial score (nSPS) is 49.9. The van der Waals surface area contributed by atoms with Gasteiger partial charge in [-0.25, -0.2) is 0 Å². The average molecular weight is 594 g/mol. The minimum absolute atomic E-state index is 0.0258. The molecule has 0 N–H and O–H groups in total. The van der Waals surface area contributed by atoms with Crippen LogP contribution in [0.25, 0.3) is 0 Å². The number of esters is 3. The van der Waals surface area contributed by atoms with Crippen LogP contribution in [0.15, 0.2) is 0 Å². The standard InChI is InChI=1S/C31H47NO10/c1-9-32-14-28(15-40-16(2)33)11-10-22(37-6)30-20-12-19-21(36-5)13-29(41-17(3)34,23(20)24(19)38-7)31(27(30)32,42-18(4)35)26(39-8)25(28)30/h19-27H,9-15H2,1-8H3/t19-,20-,21+,22+,23-,24+,25-,26+,27+,28+,29-,30+,31+/m1/s1. The lowest BCUT2D eigenvalue weighted by Crippen LogP contribution is -2.83. The van der Waals surface area contributed by atoms with Gasteiger partial charge in [0.15, 0.2) is 11.2 Å². The van der Waals surface area contributed by atoms with E-state index in [0.29, 0.717) is 19.5 Å². The van der Waals surface area contributed by atoms with Gasteiger partial charge < -0.3 is 33.2 Å². The zero-order chi connectivity index (χ0) is 30.4. The molecule has 6 fully saturated rings. The average Bonchev–Trinajstić information content (AvgIpc) is 3.35. The molecule has 1 aliphatic heterocycles. The van der Waals surface area contributed by atoms with Crippen LogP contribution in [-0.2, 0) is 47.5 Å². The molecule has 11 heteroatoms. The Morgan fingerprint density at radius 3 is 2.17 bits per heavy atom. The number of carbonyl (C=O) groups is 3. The molecule has 11 nitrogen and oxygen atoms in total. The zero-order valence-electron chi connectivity index (χ0n) is 26.2. The molecule has 236 valence electrons. The van der Waals surface area contributed by atoms with Crippen molar-refractivity contribution >= 4 is 17.9 Å². The maximum absolute atomic E-state index is 13.4. The number of hydrogen-bond acceptors (Lipinski definition) is 11. The van der Waals surface area contributed by atoms with Crippen LogP contribution in [0.3, 0.4) is 0 Å². The van der Waals surface area contributed by atoms with E-state index >= 15 is 0 Å². The molecule has 13 atom stereocenters. The number of piperidine rings is 1. The Balaban J connectivity index is 1.74. The van der Waals surface area contributed by atoms with Crippen molar-refractivity contribution < 1.29 is 47.5 Å². The molecule has 0 amide bonds. The quantitative estimate of drug-likeness (QED) is 0.288. The van der Waals surface area contributed by atoms with Crippen LogP contribution in [0.4, 0.5) is 0 Å². The number of methoxy groups -OCH3 is 4. The predicted molar refractivity (Wildman–Crippen MR) is 147 cm³/mol. The SMILES string of the molecule is CCN1C[C@]2(COC(C)=O)CC[C@H](OC)[C@@]34[C@@H]5C[C@H]6[C@H](OC)[C@@H]5[C@](OC(C)=O)(C[C@@H]6OC)[C@](OC(C)=O)([C@@H](OC)[C@H]23)[C@@H]14. The molecule has 0 aromatic carbocycles. The number of ether oxygens (including phenoxy) is 7. The molecule has 5 saturated carbocycles. The molecule has 7 bridgehead atoms. The molecule has 1 saturated heterocycles. The van der Waals surface area contributed by atoms with E-state index in [4.69, 9.17) is 33.2 Å². The molecule has 5 aliphatic carbocycles. The zero-order valence-corrected chi connectivity index (χ0v) is 26.2. The predicted octanol–water partition coefficient (Wildman–Crippen LogP) is 1.98. The van der Waals surface area contributed by atoms with E-state index in [0.717, 1.165) is 19.3 Å². The summed E-state index contributed by atoms with van der Waals surface area (Å²) in [4.78, 5) is 41.2. The van der Waals surface area contributed by atoms with Crippen LogP contribution >= 0.6 is 0 Å². The lowest BCUT2D eigenvalue weighted by atomic mass is 9.42. The Labute approximate surface area is 248 Å². The first-order chi connectivity index (χ1) is 20.0. The number of nitrogens with zero attached hydrogens (tertiary/aromatic N) is 1. The summed E-state index contributed by atoms with van der Waals surface area (Å²) in [6.07, 6.45) is 1.19. The highest BCUT2D eigenvalue weighted by atomic mass is 16.6. The Kier molecular flexibility index (Phi) is 7.29. The van der Waals surface area contributed by atoms with Crippen LogP contribution in [0.5, 0.6) is 0 Å². The van der Waals surface area contributed by atoms with E-state index in [9.17, 15) is 14.4 Å². The summed E-state index contributed by atoms with van der Waals surface area (Å²) in [6.45, 7) is 7.87. The second-order valence-corrected chi connectivity index (χ2v) is 13.6. The van der Waals surface area contributed by atoms with Crippen molar-refractivity contribution in [1.82, 2.24) is 4.90 Å². The van der Waals surface area contributed by atoms with Crippen molar-refractivity contribution in [2.45, 2.75) is 95.0 Å². The number of likely N-dealkylation sites (N-methyl/N-ethyl adjacent to an activating group) is 1. The van der Waals surface area contributed by atoms with E-state index in [1.54, 1.807) is 28.4 Å². The van der Waals surface area contributed by atoms with Gasteiger partial charge in [-0.1, -0.05) is 6.92 Å². The van der Waals surface area contributed by atoms with Gasteiger partial charge in [0.2, 0.25) is 0 Å². The van der Waals surface area contributed by atoms with Gasteiger partial charge >= 0.3 is 17.9 Å². The van der Waals surface area contributed by atoms with Crippen molar-refractivity contribution in [3.8, 4) is 0 Å². The van der Waals surface area contributed by atoms with Crippen molar-refractivity contribution in [2.24, 2.45) is 34.5 Å². The number of hydrogen-bond donors (Lipinski definition) is 0. The molecule has 0 aromatic rings. The second-order valence-electron chi connectivity index (χ2n) is 13.6. The van der Waals surface area contributed by atoms with Gasteiger partial charge in [-0.05, 0) is 31.7 Å². The van der Waals surface area contributed by atoms with Crippen LogP contribution in [0.2, 0.25) is 0 Å². The second kappa shape index (κ2) is 10.1. The summed E-state index contributed by atoms with van der Waals surface area (Å²) in [5, 5.41) is 0. The summed E-state index contributed by atoms with van der Waals surface area (Å²) in [6, 6.07) is -0.378. The topological polar surface area (TPSA) is 119 Å². The van der Waals surface area contributed by atoms with Crippen molar-refractivity contribution in [2.75, 3.05) is 48.1 Å². The summed E-state index contributed by atoms with van der Waals surface area (Å²) in [5.74, 6) is -1.73. The van der Waals surface area contributed by atoms with Gasteiger partial charge in [0.1, 0.15) is 6.10 Å². The number of rotatable bonds is 9. The Bertz CT molecular complexity index is 1130. The first kappa shape index (κ1) is 30.2. The van der Waals surface area contributed by atoms with Gasteiger partial charge in [-0.2, -0.15) is 0 Å². The smallest absolute Gasteiger partial charge is 0.303 e. The van der Waals surface area contributed by atoms with Gasteiger partial charge in [-0.3, -0.25) is 19.3 Å². The number of likely N-dealkylation sites (tertiary alicyclic amines) is 1. The molecule has 6 rings (SSSR count). The minimum Gasteiger partial charge on any atom is -0.465 e. The summed E-state index contributed by atoms with van der Waals surface area (Å²) in [7, 11) is 6.80. The minimum atomic E-state index is -1.40. The van der Waals surface area contributed by atoms with Crippen LogP contribution in [-0.4, -0.2) is 113 Å². The lowest BCUT2D eigenvalue weighted by Gasteiger charge is -2.70. The Morgan fingerprint density at radius 1 is 0.905 bits per heavy atom. The van der Waals surface area contributed by atoms with Crippen molar-refractivity contribution in [1.29, 1.82) is 0 Å². The monoisotopic (exact) mass is 593 g/mol. The van der Waals surface area contributed by atoms with Crippen molar-refractivity contribution in [3.05, 3.63) is 0 Å². The molecule has 0 unspecified atom stereocenters. The molecule has 0 radical (unpaired) electrons. The lowest BCUT2D eigenvalue weighted by molar-refractivity contribution is -0.325. The maximum atomic E-state index is 13.4. The molecule has 0 aromatic heterocycles. The highest BCUT2D eigenvalue weighted by Gasteiger charge is 2.94. The van der Waals surface area contributed by atoms with Crippen LogP contribution < -0.4 is 0 Å². The first-order valence-corrected chi connectivity index (χ1v) is 15.4. The Morgan fingerprint density at radius 2 is 1.62 bits per heavy atom. The van der Waals surface area contributed by atoms with E-state index in [1.165, 1.54) is 20.8 Å². The summed E-state index contributed by atoms with van der Waals surface area (Å²) < 4.78 is 44.8.